The number of carbonyl (C=O) groups excluding carboxylic acids is 1. The van der Waals surface area contributed by atoms with E-state index in [1.165, 1.54) is 18.2 Å². The third-order valence-corrected chi connectivity index (χ3v) is 2.12. The van der Waals surface area contributed by atoms with E-state index in [1.54, 1.807) is 0 Å². The zero-order valence-electron chi connectivity index (χ0n) is 7.46. The summed E-state index contributed by atoms with van der Waals surface area (Å²) in [5, 5.41) is 11.1. The van der Waals surface area contributed by atoms with Crippen molar-refractivity contribution in [2.75, 3.05) is 6.54 Å². The number of nitrogens with one attached hydrogen (secondary N) is 1. The van der Waals surface area contributed by atoms with Crippen LogP contribution in [0, 0.1) is 0 Å². The molecule has 1 rings (SSSR count). The molecular formula is C9H7Cl2NO3. The van der Waals surface area contributed by atoms with Gasteiger partial charge in [0.1, 0.15) is 6.54 Å². The van der Waals surface area contributed by atoms with Gasteiger partial charge in [-0.25, -0.2) is 0 Å². The topological polar surface area (TPSA) is 66.4 Å². The van der Waals surface area contributed by atoms with Crippen molar-refractivity contribution in [1.29, 1.82) is 0 Å². The van der Waals surface area contributed by atoms with Gasteiger partial charge in [0.05, 0.1) is 10.6 Å². The van der Waals surface area contributed by atoms with Crippen molar-refractivity contribution < 1.29 is 14.7 Å². The fourth-order valence-corrected chi connectivity index (χ4v) is 1.42. The maximum absolute atomic E-state index is 11.4. The second-order valence-corrected chi connectivity index (χ2v) is 3.54. The van der Waals surface area contributed by atoms with Crippen molar-refractivity contribution in [2.24, 2.45) is 0 Å². The van der Waals surface area contributed by atoms with E-state index in [1.807, 2.05) is 0 Å². The number of benzene rings is 1. The van der Waals surface area contributed by atoms with Gasteiger partial charge >= 0.3 is 5.97 Å². The molecule has 1 aromatic rings. The molecule has 0 saturated heterocycles. The molecule has 80 valence electrons. The van der Waals surface area contributed by atoms with E-state index in [9.17, 15) is 9.59 Å². The number of carboxylic acids is 1. The van der Waals surface area contributed by atoms with E-state index in [-0.39, 0.29) is 10.6 Å². The van der Waals surface area contributed by atoms with E-state index in [4.69, 9.17) is 28.3 Å². The van der Waals surface area contributed by atoms with Gasteiger partial charge in [0.15, 0.2) is 0 Å². The van der Waals surface area contributed by atoms with E-state index in [2.05, 4.69) is 5.32 Å². The molecule has 0 spiro atoms. The first-order chi connectivity index (χ1) is 7.00. The summed E-state index contributed by atoms with van der Waals surface area (Å²) in [5.41, 5.74) is 0.197. The summed E-state index contributed by atoms with van der Waals surface area (Å²) in [5.74, 6) is -1.66. The number of hydrogen-bond acceptors (Lipinski definition) is 2. The number of carbonyl (C=O) groups is 2. The molecule has 0 atom stereocenters. The third-order valence-electron chi connectivity index (χ3n) is 1.58. The van der Waals surface area contributed by atoms with Crippen LogP contribution >= 0.6 is 23.2 Å². The zero-order chi connectivity index (χ0) is 11.4. The average molecular weight is 248 g/mol. The van der Waals surface area contributed by atoms with Gasteiger partial charge in [-0.1, -0.05) is 23.2 Å². The van der Waals surface area contributed by atoms with Crippen LogP contribution in [0.15, 0.2) is 18.2 Å². The molecule has 0 aliphatic heterocycles. The highest BCUT2D eigenvalue weighted by molar-refractivity contribution is 6.36. The predicted octanol–water partition coefficient (Wildman–Crippen LogP) is 1.81. The van der Waals surface area contributed by atoms with Crippen LogP contribution in [0.3, 0.4) is 0 Å². The van der Waals surface area contributed by atoms with Crippen LogP contribution in [0.2, 0.25) is 10.0 Å². The van der Waals surface area contributed by atoms with Crippen molar-refractivity contribution in [3.05, 3.63) is 33.8 Å². The van der Waals surface area contributed by atoms with E-state index in [0.29, 0.717) is 5.02 Å². The summed E-state index contributed by atoms with van der Waals surface area (Å²) in [7, 11) is 0. The standard InChI is InChI=1S/C9H7Cl2NO3/c10-5-1-2-6(7(11)3-5)9(15)12-4-8(13)14/h1-3H,4H2,(H,12,15)(H,13,14). The maximum Gasteiger partial charge on any atom is 0.322 e. The van der Waals surface area contributed by atoms with Crippen LogP contribution in [0.5, 0.6) is 0 Å². The molecule has 0 heterocycles. The van der Waals surface area contributed by atoms with Crippen LogP contribution in [0.25, 0.3) is 0 Å². The molecule has 0 bridgehead atoms. The molecule has 0 aliphatic rings. The lowest BCUT2D eigenvalue weighted by atomic mass is 10.2. The van der Waals surface area contributed by atoms with Gasteiger partial charge in [-0.05, 0) is 18.2 Å². The predicted molar refractivity (Wildman–Crippen MR) is 56.4 cm³/mol. The fourth-order valence-electron chi connectivity index (χ4n) is 0.925. The van der Waals surface area contributed by atoms with Crippen molar-refractivity contribution in [1.82, 2.24) is 5.32 Å². The highest BCUT2D eigenvalue weighted by atomic mass is 35.5. The lowest BCUT2D eigenvalue weighted by Gasteiger charge is -2.04. The van der Waals surface area contributed by atoms with E-state index < -0.39 is 18.4 Å². The molecule has 15 heavy (non-hydrogen) atoms. The molecule has 1 amide bonds. The minimum Gasteiger partial charge on any atom is -0.480 e. The SMILES string of the molecule is O=C(O)CNC(=O)c1ccc(Cl)cc1Cl. The average Bonchev–Trinajstić information content (AvgIpc) is 2.14. The van der Waals surface area contributed by atoms with Gasteiger partial charge in [0.25, 0.3) is 5.91 Å². The monoisotopic (exact) mass is 247 g/mol. The Morgan fingerprint density at radius 2 is 2.00 bits per heavy atom. The van der Waals surface area contributed by atoms with Gasteiger partial charge in [-0.3, -0.25) is 9.59 Å². The molecule has 0 saturated carbocycles. The number of hydrogen-bond donors (Lipinski definition) is 2. The van der Waals surface area contributed by atoms with Gasteiger partial charge in [0.2, 0.25) is 0 Å². The quantitative estimate of drug-likeness (QED) is 0.857. The van der Waals surface area contributed by atoms with Crippen molar-refractivity contribution in [3.63, 3.8) is 0 Å². The first kappa shape index (κ1) is 11.8. The fraction of sp³-hybridized carbons (Fsp3) is 0.111. The number of rotatable bonds is 3. The van der Waals surface area contributed by atoms with E-state index in [0.717, 1.165) is 0 Å². The van der Waals surface area contributed by atoms with Gasteiger partial charge in [-0.15, -0.1) is 0 Å². The number of aliphatic carboxylic acids is 1. The summed E-state index contributed by atoms with van der Waals surface area (Å²) < 4.78 is 0. The van der Waals surface area contributed by atoms with Crippen LogP contribution < -0.4 is 5.32 Å². The summed E-state index contributed by atoms with van der Waals surface area (Å²) >= 11 is 11.4. The lowest BCUT2D eigenvalue weighted by molar-refractivity contribution is -0.135. The molecule has 4 nitrogen and oxygen atoms in total. The first-order valence-corrected chi connectivity index (χ1v) is 4.71. The van der Waals surface area contributed by atoms with Crippen molar-refractivity contribution in [3.8, 4) is 0 Å². The first-order valence-electron chi connectivity index (χ1n) is 3.95. The van der Waals surface area contributed by atoms with Crippen LogP contribution in [-0.2, 0) is 4.79 Å². The Morgan fingerprint density at radius 1 is 1.33 bits per heavy atom. The molecule has 0 aromatic heterocycles. The van der Waals surface area contributed by atoms with Crippen molar-refractivity contribution in [2.45, 2.75) is 0 Å². The Balaban J connectivity index is 2.78. The summed E-state index contributed by atoms with van der Waals surface area (Å²) in [6.45, 7) is -0.447. The summed E-state index contributed by atoms with van der Waals surface area (Å²) in [6, 6.07) is 4.35. The molecule has 2 N–H and O–H groups in total. The third kappa shape index (κ3) is 3.42. The molecule has 6 heteroatoms. The molecular weight excluding hydrogens is 241 g/mol. The Hall–Kier alpha value is -1.26. The Morgan fingerprint density at radius 3 is 2.53 bits per heavy atom. The van der Waals surface area contributed by atoms with Gasteiger partial charge in [-0.2, -0.15) is 0 Å². The number of carboxylic acid groups (broad SMARTS) is 1. The smallest absolute Gasteiger partial charge is 0.322 e. The second kappa shape index (κ2) is 5.00. The van der Waals surface area contributed by atoms with E-state index >= 15 is 0 Å². The van der Waals surface area contributed by atoms with Gasteiger partial charge in [0, 0.05) is 5.02 Å². The lowest BCUT2D eigenvalue weighted by Crippen LogP contribution is -2.29. The highest BCUT2D eigenvalue weighted by Gasteiger charge is 2.11. The Bertz CT molecular complexity index is 406. The highest BCUT2D eigenvalue weighted by Crippen LogP contribution is 2.20. The van der Waals surface area contributed by atoms with Crippen LogP contribution in [0.4, 0.5) is 0 Å². The molecule has 0 radical (unpaired) electrons. The zero-order valence-corrected chi connectivity index (χ0v) is 8.97. The molecule has 0 aliphatic carbocycles. The van der Waals surface area contributed by atoms with Crippen LogP contribution in [0.1, 0.15) is 10.4 Å². The summed E-state index contributed by atoms with van der Waals surface area (Å²) in [6.07, 6.45) is 0. The largest absolute Gasteiger partial charge is 0.480 e. The molecule has 0 unspecified atom stereocenters. The minimum absolute atomic E-state index is 0.186. The van der Waals surface area contributed by atoms with Crippen molar-refractivity contribution >= 4 is 35.1 Å². The molecule has 1 aromatic carbocycles. The Labute approximate surface area is 95.8 Å². The minimum atomic E-state index is -1.12. The Kier molecular flexibility index (Phi) is 3.94. The summed E-state index contributed by atoms with van der Waals surface area (Å²) in [4.78, 5) is 21.6. The second-order valence-electron chi connectivity index (χ2n) is 2.70. The number of amides is 1. The normalized spacial score (nSPS) is 9.73. The molecule has 0 fully saturated rings. The maximum atomic E-state index is 11.4. The van der Waals surface area contributed by atoms with Gasteiger partial charge < -0.3 is 10.4 Å². The number of halogens is 2. The van der Waals surface area contributed by atoms with Crippen LogP contribution in [-0.4, -0.2) is 23.5 Å².